The maximum atomic E-state index is 13.6. The van der Waals surface area contributed by atoms with Gasteiger partial charge in [-0.3, -0.25) is 4.79 Å². The number of pyridine rings is 1. The van der Waals surface area contributed by atoms with E-state index in [0.29, 0.717) is 22.6 Å². The number of ether oxygens (including phenoxy) is 1. The summed E-state index contributed by atoms with van der Waals surface area (Å²) in [4.78, 5) is 16.0. The van der Waals surface area contributed by atoms with Crippen LogP contribution in [-0.2, 0) is 9.53 Å². The van der Waals surface area contributed by atoms with Crippen molar-refractivity contribution in [3.8, 4) is 0 Å². The lowest BCUT2D eigenvalue weighted by molar-refractivity contribution is -0.111. The standard InChI is InChI=1S/C19H14F2N2O2/c1-19(2)13(10-3-6-16(21)22-9-10)8-15(25-19)17-12-7-11(20)4-5-14(12)23-18(17)24/h3-9H,1-2H3,(H,23,24). The topological polar surface area (TPSA) is 51.2 Å². The lowest BCUT2D eigenvalue weighted by Crippen LogP contribution is -2.21. The van der Waals surface area contributed by atoms with E-state index in [4.69, 9.17) is 4.74 Å². The van der Waals surface area contributed by atoms with E-state index in [2.05, 4.69) is 10.3 Å². The quantitative estimate of drug-likeness (QED) is 0.632. The van der Waals surface area contributed by atoms with Crippen molar-refractivity contribution in [2.45, 2.75) is 19.4 Å². The first kappa shape index (κ1) is 15.5. The molecule has 126 valence electrons. The highest BCUT2D eigenvalue weighted by Crippen LogP contribution is 2.44. The van der Waals surface area contributed by atoms with Crippen molar-refractivity contribution in [1.82, 2.24) is 4.98 Å². The highest BCUT2D eigenvalue weighted by atomic mass is 19.1. The summed E-state index contributed by atoms with van der Waals surface area (Å²) in [5.74, 6) is -0.996. The van der Waals surface area contributed by atoms with Crippen molar-refractivity contribution in [3.63, 3.8) is 0 Å². The minimum atomic E-state index is -0.738. The third-order valence-corrected chi connectivity index (χ3v) is 4.30. The van der Waals surface area contributed by atoms with E-state index < -0.39 is 17.4 Å². The number of carbonyl (C=O) groups is 1. The predicted octanol–water partition coefficient (Wildman–Crippen LogP) is 3.92. The van der Waals surface area contributed by atoms with Crippen LogP contribution < -0.4 is 5.32 Å². The summed E-state index contributed by atoms with van der Waals surface area (Å²) >= 11 is 0. The van der Waals surface area contributed by atoms with E-state index in [0.717, 1.165) is 5.57 Å². The highest BCUT2D eigenvalue weighted by Gasteiger charge is 2.38. The van der Waals surface area contributed by atoms with Gasteiger partial charge in [-0.15, -0.1) is 0 Å². The zero-order chi connectivity index (χ0) is 17.8. The lowest BCUT2D eigenvalue weighted by Gasteiger charge is -2.23. The fraction of sp³-hybridized carbons (Fsp3) is 0.158. The van der Waals surface area contributed by atoms with E-state index in [1.165, 1.54) is 30.5 Å². The molecule has 0 unspecified atom stereocenters. The first-order valence-electron chi connectivity index (χ1n) is 7.74. The fourth-order valence-electron chi connectivity index (χ4n) is 3.14. The van der Waals surface area contributed by atoms with Gasteiger partial charge in [0.25, 0.3) is 5.91 Å². The Morgan fingerprint density at radius 1 is 1.16 bits per heavy atom. The first-order chi connectivity index (χ1) is 11.8. The van der Waals surface area contributed by atoms with Gasteiger partial charge >= 0.3 is 0 Å². The fourth-order valence-corrected chi connectivity index (χ4v) is 3.14. The molecule has 4 rings (SSSR count). The molecule has 0 radical (unpaired) electrons. The third kappa shape index (κ3) is 2.50. The number of nitrogens with zero attached hydrogens (tertiary/aromatic N) is 1. The van der Waals surface area contributed by atoms with Crippen LogP contribution in [0.5, 0.6) is 0 Å². The van der Waals surface area contributed by atoms with Gasteiger partial charge in [0, 0.05) is 28.6 Å². The zero-order valence-corrected chi connectivity index (χ0v) is 13.6. The van der Waals surface area contributed by atoms with Crippen LogP contribution in [0.1, 0.15) is 25.0 Å². The Kier molecular flexibility index (Phi) is 3.25. The molecule has 2 aromatic rings. The molecule has 0 atom stereocenters. The molecule has 25 heavy (non-hydrogen) atoms. The monoisotopic (exact) mass is 340 g/mol. The van der Waals surface area contributed by atoms with Crippen LogP contribution >= 0.6 is 0 Å². The van der Waals surface area contributed by atoms with E-state index in [1.54, 1.807) is 12.1 Å². The van der Waals surface area contributed by atoms with Gasteiger partial charge < -0.3 is 10.1 Å². The van der Waals surface area contributed by atoms with Crippen molar-refractivity contribution >= 4 is 22.7 Å². The SMILES string of the molecule is CC1(C)OC(=C2C(=O)Nc3ccc(F)cc32)C=C1c1ccc(F)nc1. The Morgan fingerprint density at radius 3 is 2.68 bits per heavy atom. The van der Waals surface area contributed by atoms with Gasteiger partial charge in [-0.05, 0) is 50.3 Å². The molecule has 1 aromatic carbocycles. The van der Waals surface area contributed by atoms with Crippen molar-refractivity contribution in [2.24, 2.45) is 0 Å². The predicted molar refractivity (Wildman–Crippen MR) is 89.3 cm³/mol. The largest absolute Gasteiger partial charge is 0.482 e. The minimum absolute atomic E-state index is 0.285. The average molecular weight is 340 g/mol. The summed E-state index contributed by atoms with van der Waals surface area (Å²) < 4.78 is 32.7. The minimum Gasteiger partial charge on any atom is -0.482 e. The van der Waals surface area contributed by atoms with Crippen LogP contribution in [0.3, 0.4) is 0 Å². The van der Waals surface area contributed by atoms with Crippen LogP contribution in [-0.4, -0.2) is 16.5 Å². The molecular weight excluding hydrogens is 326 g/mol. The second-order valence-electron chi connectivity index (χ2n) is 6.42. The number of anilines is 1. The number of benzene rings is 1. The summed E-state index contributed by atoms with van der Waals surface area (Å²) in [7, 11) is 0. The molecule has 0 aliphatic carbocycles. The number of aromatic nitrogens is 1. The number of hydrogen-bond acceptors (Lipinski definition) is 3. The Morgan fingerprint density at radius 2 is 1.96 bits per heavy atom. The number of allylic oxidation sites excluding steroid dienone is 1. The molecule has 6 heteroatoms. The molecule has 2 aliphatic heterocycles. The number of rotatable bonds is 1. The Hall–Kier alpha value is -3.02. The van der Waals surface area contributed by atoms with Gasteiger partial charge in [0.05, 0.1) is 5.57 Å². The van der Waals surface area contributed by atoms with E-state index >= 15 is 0 Å². The molecule has 1 aromatic heterocycles. The van der Waals surface area contributed by atoms with Gasteiger partial charge in [-0.25, -0.2) is 9.37 Å². The highest BCUT2D eigenvalue weighted by molar-refractivity contribution is 6.32. The molecule has 0 spiro atoms. The molecular formula is C19H14F2N2O2. The zero-order valence-electron chi connectivity index (χ0n) is 13.6. The van der Waals surface area contributed by atoms with Gasteiger partial charge in [0.1, 0.15) is 17.2 Å². The first-order valence-corrected chi connectivity index (χ1v) is 7.74. The van der Waals surface area contributed by atoms with Crippen molar-refractivity contribution in [3.05, 3.63) is 71.3 Å². The summed E-state index contributed by atoms with van der Waals surface area (Å²) in [5, 5.41) is 2.71. The number of amides is 1. The van der Waals surface area contributed by atoms with Gasteiger partial charge in [-0.1, -0.05) is 0 Å². The van der Waals surface area contributed by atoms with E-state index in [9.17, 15) is 13.6 Å². The molecule has 2 aliphatic rings. The van der Waals surface area contributed by atoms with Crippen LogP contribution in [0.2, 0.25) is 0 Å². The van der Waals surface area contributed by atoms with Crippen molar-refractivity contribution in [2.75, 3.05) is 5.32 Å². The molecule has 4 nitrogen and oxygen atoms in total. The average Bonchev–Trinajstić information content (AvgIpc) is 3.03. The molecule has 0 saturated carbocycles. The molecule has 1 amide bonds. The third-order valence-electron chi connectivity index (χ3n) is 4.30. The van der Waals surface area contributed by atoms with Gasteiger partial charge in [-0.2, -0.15) is 4.39 Å². The maximum Gasteiger partial charge on any atom is 0.260 e. The molecule has 0 fully saturated rings. The van der Waals surface area contributed by atoms with E-state index in [-0.39, 0.29) is 11.5 Å². The van der Waals surface area contributed by atoms with Gasteiger partial charge in [0.15, 0.2) is 0 Å². The number of fused-ring (bicyclic) bond motifs is 1. The summed E-state index contributed by atoms with van der Waals surface area (Å²) in [6.07, 6.45) is 3.14. The summed E-state index contributed by atoms with van der Waals surface area (Å²) in [6.45, 7) is 3.68. The number of nitrogens with one attached hydrogen (secondary N) is 1. The number of hydrogen-bond donors (Lipinski definition) is 1. The molecule has 0 bridgehead atoms. The maximum absolute atomic E-state index is 13.6. The number of halogens is 2. The van der Waals surface area contributed by atoms with E-state index in [1.807, 2.05) is 13.8 Å². The van der Waals surface area contributed by atoms with Crippen molar-refractivity contribution < 1.29 is 18.3 Å². The second kappa shape index (κ2) is 5.24. The molecule has 3 heterocycles. The van der Waals surface area contributed by atoms with Crippen LogP contribution in [0.4, 0.5) is 14.5 Å². The molecule has 0 saturated heterocycles. The van der Waals surface area contributed by atoms with Crippen molar-refractivity contribution in [1.29, 1.82) is 0 Å². The second-order valence-corrected chi connectivity index (χ2v) is 6.42. The molecule has 1 N–H and O–H groups in total. The van der Waals surface area contributed by atoms with Crippen LogP contribution in [0, 0.1) is 11.8 Å². The van der Waals surface area contributed by atoms with Gasteiger partial charge in [0.2, 0.25) is 5.95 Å². The van der Waals surface area contributed by atoms with Crippen LogP contribution in [0.15, 0.2) is 48.4 Å². The Bertz CT molecular complexity index is 960. The smallest absolute Gasteiger partial charge is 0.260 e. The Labute approximate surface area is 142 Å². The normalized spacial score (nSPS) is 20.8. The number of carbonyl (C=O) groups excluding carboxylic acids is 1. The summed E-state index contributed by atoms with van der Waals surface area (Å²) in [5.41, 5.74) is 2.01. The summed E-state index contributed by atoms with van der Waals surface area (Å²) in [6, 6.07) is 6.99. The lowest BCUT2D eigenvalue weighted by atomic mass is 9.93. The van der Waals surface area contributed by atoms with Crippen LogP contribution in [0.25, 0.3) is 11.1 Å². The Balaban J connectivity index is 1.87.